The van der Waals surface area contributed by atoms with Crippen LogP contribution < -0.4 is 15.0 Å². The number of carbonyl (C=O) groups is 2. The van der Waals surface area contributed by atoms with Crippen LogP contribution >= 0.6 is 22.9 Å². The first-order valence-corrected chi connectivity index (χ1v) is 13.9. The molecule has 13 heteroatoms. The minimum Gasteiger partial charge on any atom is -0.457 e. The highest BCUT2D eigenvalue weighted by Crippen LogP contribution is 2.35. The number of anilines is 2. The molecule has 0 aliphatic carbocycles. The van der Waals surface area contributed by atoms with E-state index in [-0.39, 0.29) is 20.4 Å². The van der Waals surface area contributed by atoms with Crippen molar-refractivity contribution in [3.05, 3.63) is 58.7 Å². The van der Waals surface area contributed by atoms with Crippen molar-refractivity contribution >= 4 is 55.7 Å². The summed E-state index contributed by atoms with van der Waals surface area (Å²) in [6.45, 7) is 2.78. The maximum atomic E-state index is 12.7. The predicted octanol–water partition coefficient (Wildman–Crippen LogP) is 4.41. The van der Waals surface area contributed by atoms with E-state index in [1.165, 1.54) is 26.0 Å². The molecule has 0 bridgehead atoms. The van der Waals surface area contributed by atoms with Gasteiger partial charge in [0.05, 0.1) is 0 Å². The van der Waals surface area contributed by atoms with Crippen LogP contribution in [0.4, 0.5) is 15.6 Å². The van der Waals surface area contributed by atoms with Crippen LogP contribution in [-0.2, 0) is 27.8 Å². The van der Waals surface area contributed by atoms with Crippen molar-refractivity contribution in [2.24, 2.45) is 0 Å². The maximum absolute atomic E-state index is 12.7. The highest BCUT2D eigenvalue weighted by Gasteiger charge is 2.28. The fourth-order valence-corrected chi connectivity index (χ4v) is 6.59. The molecule has 0 atom stereocenters. The summed E-state index contributed by atoms with van der Waals surface area (Å²) in [6.07, 6.45) is 0.712. The summed E-state index contributed by atoms with van der Waals surface area (Å²) in [5.41, 5.74) is 2.66. The lowest BCUT2D eigenvalue weighted by Crippen LogP contribution is -2.34. The van der Waals surface area contributed by atoms with E-state index in [4.69, 9.17) is 16.3 Å². The lowest BCUT2D eigenvalue weighted by Gasteiger charge is -2.29. The summed E-state index contributed by atoms with van der Waals surface area (Å²) in [6, 6.07) is 12.2. The third-order valence-electron chi connectivity index (χ3n) is 5.85. The van der Waals surface area contributed by atoms with Crippen LogP contribution in [0.5, 0.6) is 11.5 Å². The summed E-state index contributed by atoms with van der Waals surface area (Å²) in [7, 11) is 0.476. The number of carbonyl (C=O) groups excluding carboxylic acids is 2. The molecule has 0 radical (unpaired) electrons. The van der Waals surface area contributed by atoms with Crippen LogP contribution in [0.25, 0.3) is 0 Å². The zero-order valence-corrected chi connectivity index (χ0v) is 23.1. The lowest BCUT2D eigenvalue weighted by atomic mass is 9.98. The van der Waals surface area contributed by atoms with E-state index in [1.54, 1.807) is 31.2 Å². The minimum atomic E-state index is -3.78. The number of sulfonamides is 1. The van der Waals surface area contributed by atoms with Crippen molar-refractivity contribution < 1.29 is 22.7 Å². The smallest absolute Gasteiger partial charge is 0.327 e. The average molecular weight is 564 g/mol. The third kappa shape index (κ3) is 5.72. The summed E-state index contributed by atoms with van der Waals surface area (Å²) >= 11 is 6.84. The Morgan fingerprint density at radius 3 is 2.49 bits per heavy atom. The van der Waals surface area contributed by atoms with E-state index in [0.29, 0.717) is 30.9 Å². The largest absolute Gasteiger partial charge is 0.457 e. The number of hydrogen-bond donors (Lipinski definition) is 1. The molecule has 0 saturated carbocycles. The molecule has 1 aliphatic heterocycles. The van der Waals surface area contributed by atoms with Crippen LogP contribution in [-0.4, -0.2) is 62.2 Å². The molecule has 10 nitrogen and oxygen atoms in total. The van der Waals surface area contributed by atoms with Crippen molar-refractivity contribution in [2.45, 2.75) is 24.1 Å². The Kier molecular flexibility index (Phi) is 7.74. The minimum absolute atomic E-state index is 0.0530. The summed E-state index contributed by atoms with van der Waals surface area (Å²) in [5.74, 6) is 1.39. The van der Waals surface area contributed by atoms with Gasteiger partial charge in [-0.2, -0.15) is 0 Å². The Hall–Kier alpha value is -3.19. The monoisotopic (exact) mass is 563 g/mol. The fraction of sp³-hybridized carbons (Fsp3) is 0.292. The average Bonchev–Trinajstić information content (AvgIpc) is 3.26. The molecule has 0 fully saturated rings. The molecule has 1 aromatic heterocycles. The van der Waals surface area contributed by atoms with Gasteiger partial charge in [-0.3, -0.25) is 9.69 Å². The Morgan fingerprint density at radius 1 is 1.14 bits per heavy atom. The third-order valence-corrected chi connectivity index (χ3v) is 9.78. The zero-order chi connectivity index (χ0) is 26.9. The van der Waals surface area contributed by atoms with Gasteiger partial charge in [0.2, 0.25) is 5.91 Å². The van der Waals surface area contributed by atoms with Crippen molar-refractivity contribution in [2.75, 3.05) is 37.9 Å². The highest BCUT2D eigenvalue weighted by atomic mass is 35.5. The SMILES string of the molecule is CC(=O)N1CCc2c(cccc2Oc2ccc(NC(=O)N(C)c3nc(Cl)c(S(=O)(=O)N(C)C)s3)cc2)C1. The van der Waals surface area contributed by atoms with Gasteiger partial charge in [0.1, 0.15) is 11.5 Å². The van der Waals surface area contributed by atoms with Crippen LogP contribution in [0, 0.1) is 0 Å². The van der Waals surface area contributed by atoms with Gasteiger partial charge in [-0.15, -0.1) is 0 Å². The van der Waals surface area contributed by atoms with Crippen molar-refractivity contribution in [1.29, 1.82) is 0 Å². The second-order valence-corrected chi connectivity index (χ2v) is 12.2. The van der Waals surface area contributed by atoms with E-state index in [0.717, 1.165) is 32.5 Å². The number of ether oxygens (including phenoxy) is 1. The molecule has 0 spiro atoms. The number of benzene rings is 2. The second-order valence-electron chi connectivity index (χ2n) is 8.56. The van der Waals surface area contributed by atoms with E-state index in [2.05, 4.69) is 10.3 Å². The second kappa shape index (κ2) is 10.7. The van der Waals surface area contributed by atoms with Gasteiger partial charge in [-0.05, 0) is 42.3 Å². The fourth-order valence-electron chi connectivity index (χ4n) is 3.71. The number of urea groups is 1. The van der Waals surface area contributed by atoms with E-state index in [1.807, 2.05) is 23.1 Å². The van der Waals surface area contributed by atoms with Gasteiger partial charge in [0, 0.05) is 52.4 Å². The van der Waals surface area contributed by atoms with Crippen molar-refractivity contribution in [3.8, 4) is 11.5 Å². The molecule has 37 heavy (non-hydrogen) atoms. The molecule has 4 rings (SSSR count). The van der Waals surface area contributed by atoms with E-state index in [9.17, 15) is 18.0 Å². The Morgan fingerprint density at radius 2 is 1.84 bits per heavy atom. The standard InChI is InChI=1S/C24H26ClN5O5S2/c1-15(31)30-13-12-19-16(14-30)6-5-7-20(19)35-18-10-8-17(9-11-18)26-23(32)29(4)24-27-21(25)22(36-24)37(33,34)28(2)3/h5-11H,12-14H2,1-4H3,(H,26,32). The maximum Gasteiger partial charge on any atom is 0.327 e. The molecular formula is C24H26ClN5O5S2. The lowest BCUT2D eigenvalue weighted by molar-refractivity contribution is -0.129. The molecule has 3 aromatic rings. The summed E-state index contributed by atoms with van der Waals surface area (Å²) in [4.78, 5) is 31.5. The number of thiazole rings is 1. The van der Waals surface area contributed by atoms with Crippen LogP contribution in [0.15, 0.2) is 46.7 Å². The normalized spacial score (nSPS) is 13.3. The Labute approximate surface area is 224 Å². The highest BCUT2D eigenvalue weighted by molar-refractivity contribution is 7.91. The number of halogens is 1. The molecular weight excluding hydrogens is 538 g/mol. The number of rotatable bonds is 6. The van der Waals surface area contributed by atoms with Crippen molar-refractivity contribution in [3.63, 3.8) is 0 Å². The summed E-state index contributed by atoms with van der Waals surface area (Å²) in [5, 5.41) is 2.70. The predicted molar refractivity (Wildman–Crippen MR) is 143 cm³/mol. The molecule has 1 aliphatic rings. The first-order valence-electron chi connectivity index (χ1n) is 11.2. The van der Waals surface area contributed by atoms with Crippen LogP contribution in [0.3, 0.4) is 0 Å². The molecule has 2 aromatic carbocycles. The quantitative estimate of drug-likeness (QED) is 0.475. The first-order chi connectivity index (χ1) is 17.5. The molecule has 0 saturated heterocycles. The number of nitrogens with zero attached hydrogens (tertiary/aromatic N) is 4. The summed E-state index contributed by atoms with van der Waals surface area (Å²) < 4.78 is 31.8. The van der Waals surface area contributed by atoms with E-state index < -0.39 is 16.1 Å². The Bertz CT molecular complexity index is 1440. The van der Waals surface area contributed by atoms with Gasteiger partial charge >= 0.3 is 6.03 Å². The number of nitrogens with one attached hydrogen (secondary N) is 1. The molecule has 1 N–H and O–H groups in total. The Balaban J connectivity index is 1.43. The van der Waals surface area contributed by atoms with Crippen LogP contribution in [0.2, 0.25) is 5.15 Å². The number of amides is 3. The first kappa shape index (κ1) is 26.9. The van der Waals surface area contributed by atoms with Crippen LogP contribution in [0.1, 0.15) is 18.1 Å². The van der Waals surface area contributed by atoms with Crippen molar-refractivity contribution in [1.82, 2.24) is 14.2 Å². The van der Waals surface area contributed by atoms with Gasteiger partial charge in [-0.25, -0.2) is 22.5 Å². The van der Waals surface area contributed by atoms with Gasteiger partial charge in [-0.1, -0.05) is 35.1 Å². The van der Waals surface area contributed by atoms with Gasteiger partial charge in [0.15, 0.2) is 14.5 Å². The topological polar surface area (TPSA) is 112 Å². The van der Waals surface area contributed by atoms with Gasteiger partial charge in [0.25, 0.3) is 10.0 Å². The number of hydrogen-bond acceptors (Lipinski definition) is 7. The molecule has 2 heterocycles. The molecule has 196 valence electrons. The van der Waals surface area contributed by atoms with E-state index >= 15 is 0 Å². The zero-order valence-electron chi connectivity index (χ0n) is 20.7. The molecule has 3 amide bonds. The van der Waals surface area contributed by atoms with Gasteiger partial charge < -0.3 is 15.0 Å². The number of fused-ring (bicyclic) bond motifs is 1. The number of aromatic nitrogens is 1. The molecule has 0 unspecified atom stereocenters.